The van der Waals surface area contributed by atoms with Crippen LogP contribution in [-0.4, -0.2) is 48.6 Å². The van der Waals surface area contributed by atoms with Crippen LogP contribution in [0.25, 0.3) is 0 Å². The number of carbonyl (C=O) groups excluding carboxylic acids is 1. The molecule has 1 fully saturated rings. The van der Waals surface area contributed by atoms with E-state index in [0.29, 0.717) is 12.6 Å². The number of nitrogens with zero attached hydrogens (tertiary/aromatic N) is 1. The second kappa shape index (κ2) is 5.64. The van der Waals surface area contributed by atoms with Crippen LogP contribution in [0.15, 0.2) is 0 Å². The van der Waals surface area contributed by atoms with Crippen LogP contribution in [0.2, 0.25) is 0 Å². The summed E-state index contributed by atoms with van der Waals surface area (Å²) in [5.41, 5.74) is -0.0889. The average molecular weight is 227 g/mol. The van der Waals surface area contributed by atoms with Gasteiger partial charge in [0.25, 0.3) is 0 Å². The van der Waals surface area contributed by atoms with Crippen molar-refractivity contribution >= 4 is 5.91 Å². The normalized spacial score (nSPS) is 17.3. The SMILES string of the molecule is CCN(CC(=O)NC(C)(C)CC)C1CNC1. The lowest BCUT2D eigenvalue weighted by atomic mass is 10.0. The van der Waals surface area contributed by atoms with Gasteiger partial charge in [0.15, 0.2) is 0 Å². The molecule has 0 aliphatic carbocycles. The summed E-state index contributed by atoms with van der Waals surface area (Å²) in [5.74, 6) is 0.139. The minimum atomic E-state index is -0.0889. The van der Waals surface area contributed by atoms with Crippen molar-refractivity contribution in [1.29, 1.82) is 0 Å². The maximum atomic E-state index is 11.9. The molecule has 1 heterocycles. The van der Waals surface area contributed by atoms with Gasteiger partial charge in [-0.15, -0.1) is 0 Å². The molecule has 0 radical (unpaired) electrons. The summed E-state index contributed by atoms with van der Waals surface area (Å²) in [6.45, 7) is 11.8. The number of nitrogens with one attached hydrogen (secondary N) is 2. The van der Waals surface area contributed by atoms with Crippen molar-refractivity contribution < 1.29 is 4.79 Å². The van der Waals surface area contributed by atoms with Crippen molar-refractivity contribution in [1.82, 2.24) is 15.5 Å². The Bertz CT molecular complexity index is 236. The molecule has 4 heteroatoms. The fourth-order valence-electron chi connectivity index (χ4n) is 1.72. The lowest BCUT2D eigenvalue weighted by Crippen LogP contribution is -2.59. The molecule has 1 rings (SSSR count). The molecule has 1 saturated heterocycles. The summed E-state index contributed by atoms with van der Waals surface area (Å²) in [6, 6.07) is 0.542. The third kappa shape index (κ3) is 3.76. The fraction of sp³-hybridized carbons (Fsp3) is 0.917. The summed E-state index contributed by atoms with van der Waals surface area (Å²) < 4.78 is 0. The van der Waals surface area contributed by atoms with Gasteiger partial charge < -0.3 is 10.6 Å². The molecule has 0 atom stereocenters. The van der Waals surface area contributed by atoms with Gasteiger partial charge in [0.1, 0.15) is 0 Å². The van der Waals surface area contributed by atoms with Crippen LogP contribution in [0.3, 0.4) is 0 Å². The van der Waals surface area contributed by atoms with Gasteiger partial charge in [0, 0.05) is 24.7 Å². The second-order valence-corrected chi connectivity index (χ2v) is 5.16. The maximum absolute atomic E-state index is 11.9. The van der Waals surface area contributed by atoms with Gasteiger partial charge in [-0.05, 0) is 26.8 Å². The Morgan fingerprint density at radius 2 is 2.06 bits per heavy atom. The molecular weight excluding hydrogens is 202 g/mol. The lowest BCUT2D eigenvalue weighted by molar-refractivity contribution is -0.124. The zero-order valence-electron chi connectivity index (χ0n) is 11.0. The van der Waals surface area contributed by atoms with Gasteiger partial charge in [-0.25, -0.2) is 0 Å². The number of hydrogen-bond acceptors (Lipinski definition) is 3. The first-order chi connectivity index (χ1) is 7.48. The van der Waals surface area contributed by atoms with Crippen LogP contribution in [0.5, 0.6) is 0 Å². The number of rotatable bonds is 6. The molecule has 0 aromatic carbocycles. The summed E-state index contributed by atoms with van der Waals surface area (Å²) >= 11 is 0. The molecule has 1 aliphatic heterocycles. The second-order valence-electron chi connectivity index (χ2n) is 5.16. The molecule has 1 aliphatic rings. The first-order valence-electron chi connectivity index (χ1n) is 6.24. The van der Waals surface area contributed by atoms with Crippen molar-refractivity contribution in [2.75, 3.05) is 26.2 Å². The highest BCUT2D eigenvalue weighted by Gasteiger charge is 2.26. The van der Waals surface area contributed by atoms with Crippen molar-refractivity contribution in [3.05, 3.63) is 0 Å². The Hall–Kier alpha value is -0.610. The Balaban J connectivity index is 2.36. The van der Waals surface area contributed by atoms with E-state index in [4.69, 9.17) is 0 Å². The van der Waals surface area contributed by atoms with Gasteiger partial charge >= 0.3 is 0 Å². The molecule has 2 N–H and O–H groups in total. The smallest absolute Gasteiger partial charge is 0.234 e. The van der Waals surface area contributed by atoms with E-state index in [0.717, 1.165) is 26.1 Å². The minimum Gasteiger partial charge on any atom is -0.350 e. The number of carbonyl (C=O) groups is 1. The highest BCUT2D eigenvalue weighted by Crippen LogP contribution is 2.08. The third-order valence-electron chi connectivity index (χ3n) is 3.39. The van der Waals surface area contributed by atoms with Crippen molar-refractivity contribution in [3.63, 3.8) is 0 Å². The zero-order chi connectivity index (χ0) is 12.2. The quantitative estimate of drug-likeness (QED) is 0.698. The summed E-state index contributed by atoms with van der Waals surface area (Å²) in [5, 5.41) is 6.31. The Kier molecular flexibility index (Phi) is 4.74. The molecule has 16 heavy (non-hydrogen) atoms. The van der Waals surface area contributed by atoms with Gasteiger partial charge in [-0.1, -0.05) is 13.8 Å². The number of amides is 1. The maximum Gasteiger partial charge on any atom is 0.234 e. The molecule has 0 saturated carbocycles. The Morgan fingerprint density at radius 3 is 2.44 bits per heavy atom. The van der Waals surface area contributed by atoms with Crippen LogP contribution >= 0.6 is 0 Å². The minimum absolute atomic E-state index is 0.0889. The molecule has 0 spiro atoms. The standard InChI is InChI=1S/C12H25N3O/c1-5-12(3,4)14-11(16)9-15(6-2)10-7-13-8-10/h10,13H,5-9H2,1-4H3,(H,14,16). The topological polar surface area (TPSA) is 44.4 Å². The molecule has 0 bridgehead atoms. The predicted molar refractivity (Wildman–Crippen MR) is 66.4 cm³/mol. The van der Waals surface area contributed by atoms with Crippen molar-refractivity contribution in [2.24, 2.45) is 0 Å². The molecule has 4 nitrogen and oxygen atoms in total. The van der Waals surface area contributed by atoms with E-state index in [1.54, 1.807) is 0 Å². The monoisotopic (exact) mass is 227 g/mol. The molecule has 0 unspecified atom stereocenters. The predicted octanol–water partition coefficient (Wildman–Crippen LogP) is 0.585. The average Bonchev–Trinajstić information content (AvgIpc) is 2.13. The van der Waals surface area contributed by atoms with Crippen LogP contribution in [0, 0.1) is 0 Å². The van der Waals surface area contributed by atoms with E-state index < -0.39 is 0 Å². The van der Waals surface area contributed by atoms with E-state index in [-0.39, 0.29) is 11.4 Å². The van der Waals surface area contributed by atoms with E-state index in [2.05, 4.69) is 43.2 Å². The lowest BCUT2D eigenvalue weighted by Gasteiger charge is -2.37. The first-order valence-corrected chi connectivity index (χ1v) is 6.24. The van der Waals surface area contributed by atoms with Gasteiger partial charge in [0.05, 0.1) is 6.54 Å². The highest BCUT2D eigenvalue weighted by atomic mass is 16.2. The number of hydrogen-bond donors (Lipinski definition) is 2. The summed E-state index contributed by atoms with van der Waals surface area (Å²) in [4.78, 5) is 14.1. The summed E-state index contributed by atoms with van der Waals surface area (Å²) in [6.07, 6.45) is 0.954. The van der Waals surface area contributed by atoms with Crippen LogP contribution in [0.1, 0.15) is 34.1 Å². The van der Waals surface area contributed by atoms with E-state index in [1.807, 2.05) is 0 Å². The molecule has 1 amide bonds. The molecular formula is C12H25N3O. The van der Waals surface area contributed by atoms with Gasteiger partial charge in [-0.3, -0.25) is 9.69 Å². The highest BCUT2D eigenvalue weighted by molar-refractivity contribution is 5.78. The molecule has 0 aromatic rings. The van der Waals surface area contributed by atoms with Crippen LogP contribution in [0.4, 0.5) is 0 Å². The van der Waals surface area contributed by atoms with Crippen molar-refractivity contribution in [3.8, 4) is 0 Å². The summed E-state index contributed by atoms with van der Waals surface area (Å²) in [7, 11) is 0. The zero-order valence-corrected chi connectivity index (χ0v) is 11.0. The van der Waals surface area contributed by atoms with E-state index in [1.165, 1.54) is 0 Å². The first kappa shape index (κ1) is 13.5. The largest absolute Gasteiger partial charge is 0.350 e. The van der Waals surface area contributed by atoms with Crippen LogP contribution in [-0.2, 0) is 4.79 Å². The van der Waals surface area contributed by atoms with E-state index >= 15 is 0 Å². The fourth-order valence-corrected chi connectivity index (χ4v) is 1.72. The molecule has 0 aromatic heterocycles. The van der Waals surface area contributed by atoms with Crippen molar-refractivity contribution in [2.45, 2.75) is 45.7 Å². The van der Waals surface area contributed by atoms with Crippen LogP contribution < -0.4 is 10.6 Å². The number of likely N-dealkylation sites (N-methyl/N-ethyl adjacent to an activating group) is 1. The molecule has 94 valence electrons. The Labute approximate surface area is 98.8 Å². The third-order valence-corrected chi connectivity index (χ3v) is 3.39. The Morgan fingerprint density at radius 1 is 1.44 bits per heavy atom. The van der Waals surface area contributed by atoms with E-state index in [9.17, 15) is 4.79 Å². The van der Waals surface area contributed by atoms with Gasteiger partial charge in [0.2, 0.25) is 5.91 Å². The van der Waals surface area contributed by atoms with Gasteiger partial charge in [-0.2, -0.15) is 0 Å².